The van der Waals surface area contributed by atoms with Crippen LogP contribution in [-0.4, -0.2) is 21.6 Å². The summed E-state index contributed by atoms with van der Waals surface area (Å²) in [5.74, 6) is 0.980. The molecule has 1 heterocycles. The molecule has 2 aromatic carbocycles. The smallest absolute Gasteiger partial charge is 0.261 e. The Kier molecular flexibility index (Phi) is 4.12. The highest BCUT2D eigenvalue weighted by molar-refractivity contribution is 7.92. The summed E-state index contributed by atoms with van der Waals surface area (Å²) in [5, 5.41) is 0.252. The molecule has 5 nitrogen and oxygen atoms in total. The lowest BCUT2D eigenvalue weighted by molar-refractivity contribution is 0.171. The molecule has 1 N–H and O–H groups in total. The fraction of sp³-hybridized carbons (Fsp3) is 0.250. The van der Waals surface area contributed by atoms with Gasteiger partial charge < -0.3 is 9.47 Å². The molecule has 0 fully saturated rings. The first-order chi connectivity index (χ1) is 10.9. The lowest BCUT2D eigenvalue weighted by Crippen LogP contribution is -2.17. The number of rotatable bonds is 3. The number of hydrogen-bond donors (Lipinski definition) is 1. The number of sulfonamides is 1. The molecule has 0 saturated carbocycles. The number of ether oxygens (including phenoxy) is 2. The van der Waals surface area contributed by atoms with E-state index in [0.717, 1.165) is 11.1 Å². The van der Waals surface area contributed by atoms with E-state index in [1.807, 2.05) is 13.8 Å². The van der Waals surface area contributed by atoms with Gasteiger partial charge in [0, 0.05) is 12.1 Å². The van der Waals surface area contributed by atoms with Gasteiger partial charge in [-0.2, -0.15) is 0 Å². The van der Waals surface area contributed by atoms with E-state index in [1.54, 1.807) is 24.3 Å². The zero-order chi connectivity index (χ0) is 16.6. The molecule has 23 heavy (non-hydrogen) atoms. The first-order valence-electron chi connectivity index (χ1n) is 7.06. The zero-order valence-electron chi connectivity index (χ0n) is 12.7. The largest absolute Gasteiger partial charge is 0.486 e. The number of benzene rings is 2. The van der Waals surface area contributed by atoms with Crippen LogP contribution in [0.1, 0.15) is 11.1 Å². The number of anilines is 1. The van der Waals surface area contributed by atoms with Crippen molar-refractivity contribution in [3.8, 4) is 11.5 Å². The van der Waals surface area contributed by atoms with Crippen LogP contribution >= 0.6 is 11.6 Å². The Bertz CT molecular complexity index is 865. The van der Waals surface area contributed by atoms with Crippen molar-refractivity contribution in [1.82, 2.24) is 0 Å². The highest BCUT2D eigenvalue weighted by atomic mass is 35.5. The van der Waals surface area contributed by atoms with Crippen LogP contribution in [0, 0.1) is 13.8 Å². The molecule has 1 aliphatic heterocycles. The van der Waals surface area contributed by atoms with Crippen LogP contribution in [0.3, 0.4) is 0 Å². The second kappa shape index (κ2) is 5.94. The second-order valence-electron chi connectivity index (χ2n) is 5.33. The fourth-order valence-corrected chi connectivity index (χ4v) is 3.64. The van der Waals surface area contributed by atoms with Gasteiger partial charge in [0.25, 0.3) is 10.0 Å². The molecule has 0 spiro atoms. The standard InChI is InChI=1S/C16H16ClNO4S/c1-10-3-4-12(7-11(10)2)23(19,20)18-14-9-16-15(8-13(14)17)21-5-6-22-16/h3-4,7-9,18H,5-6H2,1-2H3. The van der Waals surface area contributed by atoms with Gasteiger partial charge in [-0.15, -0.1) is 0 Å². The zero-order valence-corrected chi connectivity index (χ0v) is 14.3. The van der Waals surface area contributed by atoms with Gasteiger partial charge >= 0.3 is 0 Å². The molecule has 0 unspecified atom stereocenters. The van der Waals surface area contributed by atoms with Crippen molar-refractivity contribution in [1.29, 1.82) is 0 Å². The molecule has 0 saturated heterocycles. The van der Waals surface area contributed by atoms with Crippen LogP contribution in [0.2, 0.25) is 5.02 Å². The monoisotopic (exact) mass is 353 g/mol. The number of nitrogens with one attached hydrogen (secondary N) is 1. The van der Waals surface area contributed by atoms with Crippen LogP contribution in [0.4, 0.5) is 5.69 Å². The SMILES string of the molecule is Cc1ccc(S(=O)(=O)Nc2cc3c(cc2Cl)OCCO3)cc1C. The lowest BCUT2D eigenvalue weighted by atomic mass is 10.1. The molecule has 7 heteroatoms. The summed E-state index contributed by atoms with van der Waals surface area (Å²) in [6, 6.07) is 8.05. The predicted molar refractivity (Wildman–Crippen MR) is 89.2 cm³/mol. The maximum absolute atomic E-state index is 12.5. The van der Waals surface area contributed by atoms with Crippen molar-refractivity contribution < 1.29 is 17.9 Å². The molecule has 0 radical (unpaired) electrons. The summed E-state index contributed by atoms with van der Waals surface area (Å²) in [6.45, 7) is 4.65. The first kappa shape index (κ1) is 16.0. The Morgan fingerprint density at radius 1 is 1.00 bits per heavy atom. The van der Waals surface area contributed by atoms with Crippen LogP contribution in [0.25, 0.3) is 0 Å². The third-order valence-electron chi connectivity index (χ3n) is 3.66. The van der Waals surface area contributed by atoms with Gasteiger partial charge in [-0.05, 0) is 37.1 Å². The van der Waals surface area contributed by atoms with Crippen LogP contribution in [-0.2, 0) is 10.0 Å². The highest BCUT2D eigenvalue weighted by Crippen LogP contribution is 2.38. The van der Waals surface area contributed by atoms with Crippen molar-refractivity contribution in [2.45, 2.75) is 18.7 Å². The third-order valence-corrected chi connectivity index (χ3v) is 5.34. The van der Waals surface area contributed by atoms with Crippen LogP contribution < -0.4 is 14.2 Å². The molecule has 3 rings (SSSR count). The molecule has 0 bridgehead atoms. The fourth-order valence-electron chi connectivity index (χ4n) is 2.23. The number of hydrogen-bond acceptors (Lipinski definition) is 4. The molecular weight excluding hydrogens is 338 g/mol. The average molecular weight is 354 g/mol. The summed E-state index contributed by atoms with van der Waals surface area (Å²) in [6.07, 6.45) is 0. The number of fused-ring (bicyclic) bond motifs is 1. The topological polar surface area (TPSA) is 64.6 Å². The Hall–Kier alpha value is -1.92. The minimum atomic E-state index is -3.73. The van der Waals surface area contributed by atoms with E-state index in [2.05, 4.69) is 4.72 Å². The predicted octanol–water partition coefficient (Wildman–Crippen LogP) is 3.53. The van der Waals surface area contributed by atoms with Crippen molar-refractivity contribution in [2.24, 2.45) is 0 Å². The summed E-state index contributed by atoms with van der Waals surface area (Å²) >= 11 is 6.15. The van der Waals surface area contributed by atoms with Crippen molar-refractivity contribution >= 4 is 27.3 Å². The maximum Gasteiger partial charge on any atom is 0.261 e. The van der Waals surface area contributed by atoms with E-state index >= 15 is 0 Å². The van der Waals surface area contributed by atoms with Crippen LogP contribution in [0.15, 0.2) is 35.2 Å². The number of halogens is 1. The Morgan fingerprint density at radius 2 is 1.65 bits per heavy atom. The molecule has 0 atom stereocenters. The summed E-state index contributed by atoms with van der Waals surface area (Å²) in [5.41, 5.74) is 2.19. The van der Waals surface area contributed by atoms with E-state index in [-0.39, 0.29) is 15.6 Å². The first-order valence-corrected chi connectivity index (χ1v) is 8.92. The van der Waals surface area contributed by atoms with Gasteiger partial charge in [-0.25, -0.2) is 8.42 Å². The minimum Gasteiger partial charge on any atom is -0.486 e. The Balaban J connectivity index is 1.95. The maximum atomic E-state index is 12.5. The average Bonchev–Trinajstić information content (AvgIpc) is 2.50. The quantitative estimate of drug-likeness (QED) is 0.916. The summed E-state index contributed by atoms with van der Waals surface area (Å²) in [4.78, 5) is 0.187. The molecule has 0 aliphatic carbocycles. The summed E-state index contributed by atoms with van der Waals surface area (Å²) in [7, 11) is -3.73. The van der Waals surface area contributed by atoms with Crippen LogP contribution in [0.5, 0.6) is 11.5 Å². The van der Waals surface area contributed by atoms with Gasteiger partial charge in [0.05, 0.1) is 15.6 Å². The van der Waals surface area contributed by atoms with E-state index in [1.165, 1.54) is 6.07 Å². The number of aryl methyl sites for hydroxylation is 2. The Labute approximate surface area is 140 Å². The lowest BCUT2D eigenvalue weighted by Gasteiger charge is -2.20. The van der Waals surface area contributed by atoms with E-state index in [0.29, 0.717) is 24.7 Å². The third kappa shape index (κ3) is 3.23. The van der Waals surface area contributed by atoms with E-state index in [4.69, 9.17) is 21.1 Å². The van der Waals surface area contributed by atoms with E-state index in [9.17, 15) is 8.42 Å². The Morgan fingerprint density at radius 3 is 2.30 bits per heavy atom. The molecule has 122 valence electrons. The molecule has 2 aromatic rings. The van der Waals surface area contributed by atoms with Crippen molar-refractivity contribution in [3.63, 3.8) is 0 Å². The van der Waals surface area contributed by atoms with Crippen molar-refractivity contribution in [2.75, 3.05) is 17.9 Å². The van der Waals surface area contributed by atoms with Gasteiger partial charge in [0.15, 0.2) is 11.5 Å². The van der Waals surface area contributed by atoms with Gasteiger partial charge in [-0.3, -0.25) is 4.72 Å². The second-order valence-corrected chi connectivity index (χ2v) is 7.42. The highest BCUT2D eigenvalue weighted by Gasteiger charge is 2.20. The van der Waals surface area contributed by atoms with Gasteiger partial charge in [0.2, 0.25) is 0 Å². The molecule has 1 aliphatic rings. The minimum absolute atomic E-state index is 0.187. The van der Waals surface area contributed by atoms with Crippen molar-refractivity contribution in [3.05, 3.63) is 46.5 Å². The normalized spacial score (nSPS) is 13.7. The summed E-state index contributed by atoms with van der Waals surface area (Å²) < 4.78 is 38.5. The van der Waals surface area contributed by atoms with Gasteiger partial charge in [0.1, 0.15) is 13.2 Å². The molecule has 0 amide bonds. The van der Waals surface area contributed by atoms with E-state index < -0.39 is 10.0 Å². The van der Waals surface area contributed by atoms with Gasteiger partial charge in [-0.1, -0.05) is 17.7 Å². The molecule has 0 aromatic heterocycles. The molecular formula is C16H16ClNO4S.